The van der Waals surface area contributed by atoms with Gasteiger partial charge in [0.2, 0.25) is 0 Å². The van der Waals surface area contributed by atoms with Gasteiger partial charge in [-0.2, -0.15) is 0 Å². The molecule has 1 aliphatic rings. The van der Waals surface area contributed by atoms with Crippen LogP contribution in [0.25, 0.3) is 11.1 Å². The largest absolute Gasteiger partial charge is 0.397 e. The fourth-order valence-electron chi connectivity index (χ4n) is 3.18. The smallest absolute Gasteiger partial charge is 0.196 e. The summed E-state index contributed by atoms with van der Waals surface area (Å²) in [5.41, 5.74) is 15.3. The molecule has 0 atom stereocenters. The SMILES string of the molecule is Nc1cc(-c2ccccc2)c2c(c1N)C(=O)c1ccccc1C2=O. The van der Waals surface area contributed by atoms with Crippen LogP contribution >= 0.6 is 0 Å². The van der Waals surface area contributed by atoms with Crippen molar-refractivity contribution in [3.8, 4) is 11.1 Å². The van der Waals surface area contributed by atoms with Gasteiger partial charge in [-0.05, 0) is 17.2 Å². The van der Waals surface area contributed by atoms with Gasteiger partial charge in [-0.25, -0.2) is 0 Å². The molecule has 4 heteroatoms. The predicted octanol–water partition coefficient (Wildman–Crippen LogP) is 3.29. The first-order chi connectivity index (χ1) is 11.6. The maximum Gasteiger partial charge on any atom is 0.196 e. The van der Waals surface area contributed by atoms with E-state index in [-0.39, 0.29) is 22.8 Å². The van der Waals surface area contributed by atoms with Gasteiger partial charge in [0.05, 0.1) is 16.9 Å². The first-order valence-electron chi connectivity index (χ1n) is 7.55. The molecule has 0 aromatic heterocycles. The maximum atomic E-state index is 13.1. The van der Waals surface area contributed by atoms with Gasteiger partial charge in [0.25, 0.3) is 0 Å². The van der Waals surface area contributed by atoms with Gasteiger partial charge in [-0.3, -0.25) is 9.59 Å². The number of rotatable bonds is 1. The predicted molar refractivity (Wildman–Crippen MR) is 94.0 cm³/mol. The highest BCUT2D eigenvalue weighted by molar-refractivity contribution is 6.32. The summed E-state index contributed by atoms with van der Waals surface area (Å²) in [5.74, 6) is -0.465. The van der Waals surface area contributed by atoms with Gasteiger partial charge in [0.15, 0.2) is 11.6 Å². The van der Waals surface area contributed by atoms with Crippen LogP contribution in [0.5, 0.6) is 0 Å². The molecule has 1 aliphatic carbocycles. The summed E-state index contributed by atoms with van der Waals surface area (Å²) in [5, 5.41) is 0. The van der Waals surface area contributed by atoms with Crippen molar-refractivity contribution in [2.45, 2.75) is 0 Å². The van der Waals surface area contributed by atoms with Gasteiger partial charge in [-0.1, -0.05) is 54.6 Å². The highest BCUT2D eigenvalue weighted by atomic mass is 16.1. The van der Waals surface area contributed by atoms with E-state index in [1.807, 2.05) is 30.3 Å². The summed E-state index contributed by atoms with van der Waals surface area (Å²) in [4.78, 5) is 26.0. The minimum absolute atomic E-state index is 0.164. The first kappa shape index (κ1) is 14.2. The second kappa shape index (κ2) is 5.06. The molecule has 0 bridgehead atoms. The minimum Gasteiger partial charge on any atom is -0.397 e. The zero-order chi connectivity index (χ0) is 16.8. The average molecular weight is 314 g/mol. The van der Waals surface area contributed by atoms with E-state index in [2.05, 4.69) is 0 Å². The van der Waals surface area contributed by atoms with Crippen LogP contribution in [0.1, 0.15) is 31.8 Å². The molecule has 24 heavy (non-hydrogen) atoms. The van der Waals surface area contributed by atoms with Crippen LogP contribution < -0.4 is 11.5 Å². The molecule has 0 fully saturated rings. The van der Waals surface area contributed by atoms with Crippen LogP contribution in [0.4, 0.5) is 11.4 Å². The Morgan fingerprint density at radius 3 is 1.79 bits per heavy atom. The summed E-state index contributed by atoms with van der Waals surface area (Å²) >= 11 is 0. The zero-order valence-corrected chi connectivity index (χ0v) is 12.7. The first-order valence-corrected chi connectivity index (χ1v) is 7.55. The van der Waals surface area contributed by atoms with Crippen molar-refractivity contribution < 1.29 is 9.59 Å². The Bertz CT molecular complexity index is 1010. The summed E-state index contributed by atoms with van der Waals surface area (Å²) in [6.07, 6.45) is 0. The lowest BCUT2D eigenvalue weighted by Crippen LogP contribution is -2.24. The number of benzene rings is 3. The van der Waals surface area contributed by atoms with Gasteiger partial charge in [0.1, 0.15) is 0 Å². The van der Waals surface area contributed by atoms with Crippen LogP contribution in [-0.2, 0) is 0 Å². The van der Waals surface area contributed by atoms with Crippen LogP contribution in [0.3, 0.4) is 0 Å². The number of fused-ring (bicyclic) bond motifs is 2. The molecular formula is C20H14N2O2. The van der Waals surface area contributed by atoms with Crippen molar-refractivity contribution in [1.29, 1.82) is 0 Å². The van der Waals surface area contributed by atoms with Crippen molar-refractivity contribution >= 4 is 22.9 Å². The number of anilines is 2. The number of nitrogens with two attached hydrogens (primary N) is 2. The molecule has 3 aromatic carbocycles. The topological polar surface area (TPSA) is 86.2 Å². The Labute approximate surface area is 138 Å². The van der Waals surface area contributed by atoms with E-state index < -0.39 is 0 Å². The Balaban J connectivity index is 2.10. The van der Waals surface area contributed by atoms with Crippen LogP contribution in [0.15, 0.2) is 60.7 Å². The van der Waals surface area contributed by atoms with E-state index in [1.54, 1.807) is 30.3 Å². The number of carbonyl (C=O) groups is 2. The number of nitrogen functional groups attached to an aromatic ring is 2. The van der Waals surface area contributed by atoms with E-state index in [0.717, 1.165) is 5.56 Å². The maximum absolute atomic E-state index is 13.1. The quantitative estimate of drug-likeness (QED) is 0.528. The van der Waals surface area contributed by atoms with E-state index in [0.29, 0.717) is 27.9 Å². The molecule has 0 unspecified atom stereocenters. The van der Waals surface area contributed by atoms with Gasteiger partial charge in [-0.15, -0.1) is 0 Å². The molecule has 3 aromatic rings. The Hall–Kier alpha value is -3.40. The Morgan fingerprint density at radius 1 is 0.625 bits per heavy atom. The molecule has 0 saturated carbocycles. The summed E-state index contributed by atoms with van der Waals surface area (Å²) in [7, 11) is 0. The molecule has 116 valence electrons. The molecule has 0 amide bonds. The van der Waals surface area contributed by atoms with Crippen LogP contribution in [0, 0.1) is 0 Å². The lowest BCUT2D eigenvalue weighted by molar-refractivity contribution is 0.0980. The van der Waals surface area contributed by atoms with Gasteiger partial charge in [0, 0.05) is 16.7 Å². The van der Waals surface area contributed by atoms with E-state index in [1.165, 1.54) is 0 Å². The van der Waals surface area contributed by atoms with Crippen LogP contribution in [0.2, 0.25) is 0 Å². The fourth-order valence-corrected chi connectivity index (χ4v) is 3.18. The van der Waals surface area contributed by atoms with Crippen molar-refractivity contribution in [3.63, 3.8) is 0 Å². The van der Waals surface area contributed by atoms with E-state index in [9.17, 15) is 9.59 Å². The Kier molecular flexibility index (Phi) is 3.00. The monoisotopic (exact) mass is 314 g/mol. The lowest BCUT2D eigenvalue weighted by Gasteiger charge is -2.23. The molecule has 0 spiro atoms. The molecular weight excluding hydrogens is 300 g/mol. The van der Waals surface area contributed by atoms with Crippen molar-refractivity contribution in [1.82, 2.24) is 0 Å². The lowest BCUT2D eigenvalue weighted by atomic mass is 9.79. The summed E-state index contributed by atoms with van der Waals surface area (Å²) in [6, 6.07) is 17.8. The molecule has 0 saturated heterocycles. The number of ketones is 2. The fraction of sp³-hybridized carbons (Fsp3) is 0. The van der Waals surface area contributed by atoms with Crippen molar-refractivity contribution in [2.24, 2.45) is 0 Å². The van der Waals surface area contributed by atoms with Gasteiger partial charge >= 0.3 is 0 Å². The second-order valence-corrected chi connectivity index (χ2v) is 5.75. The molecule has 0 aliphatic heterocycles. The van der Waals surface area contributed by atoms with Crippen molar-refractivity contribution in [3.05, 3.63) is 82.9 Å². The summed E-state index contributed by atoms with van der Waals surface area (Å²) in [6.45, 7) is 0. The van der Waals surface area contributed by atoms with Gasteiger partial charge < -0.3 is 11.5 Å². The third-order valence-corrected chi connectivity index (χ3v) is 4.35. The molecule has 4 N–H and O–H groups in total. The number of carbonyl (C=O) groups excluding carboxylic acids is 2. The highest BCUT2D eigenvalue weighted by Crippen LogP contribution is 2.40. The number of hydrogen-bond acceptors (Lipinski definition) is 4. The number of hydrogen-bond donors (Lipinski definition) is 2. The molecule has 0 heterocycles. The third-order valence-electron chi connectivity index (χ3n) is 4.35. The van der Waals surface area contributed by atoms with E-state index >= 15 is 0 Å². The molecule has 0 radical (unpaired) electrons. The normalized spacial score (nSPS) is 12.7. The highest BCUT2D eigenvalue weighted by Gasteiger charge is 2.34. The zero-order valence-electron chi connectivity index (χ0n) is 12.7. The standard InChI is InChI=1S/C20H14N2O2/c21-15-10-14(11-6-2-1-3-7-11)16-17(18(15)22)20(24)13-9-5-4-8-12(13)19(16)23/h1-10H,21-22H2. The average Bonchev–Trinajstić information content (AvgIpc) is 2.62. The van der Waals surface area contributed by atoms with Crippen LogP contribution in [-0.4, -0.2) is 11.6 Å². The van der Waals surface area contributed by atoms with E-state index in [4.69, 9.17) is 11.5 Å². The second-order valence-electron chi connectivity index (χ2n) is 5.75. The Morgan fingerprint density at radius 2 is 1.17 bits per heavy atom. The molecule has 4 rings (SSSR count). The minimum atomic E-state index is -0.262. The van der Waals surface area contributed by atoms with Crippen molar-refractivity contribution in [2.75, 3.05) is 11.5 Å². The summed E-state index contributed by atoms with van der Waals surface area (Å²) < 4.78 is 0. The molecule has 4 nitrogen and oxygen atoms in total. The third kappa shape index (κ3) is 1.86.